The van der Waals surface area contributed by atoms with Crippen LogP contribution in [0.4, 0.5) is 0 Å². The summed E-state index contributed by atoms with van der Waals surface area (Å²) in [5.74, 6) is 1.41. The Bertz CT molecular complexity index is 9310. The van der Waals surface area contributed by atoms with Crippen LogP contribution in [0.15, 0.2) is 388 Å². The summed E-state index contributed by atoms with van der Waals surface area (Å²) in [7, 11) is 0. The number of fused-ring (bicyclic) bond motifs is 27. The first kappa shape index (κ1) is 72.2. The number of rotatable bonds is 9. The Morgan fingerprint density at radius 1 is 0.171 bits per heavy atom. The van der Waals surface area contributed by atoms with Crippen molar-refractivity contribution >= 4 is 131 Å². The zero-order valence-electron chi connectivity index (χ0n) is 72.0. The molecule has 0 bridgehead atoms. The first-order chi connectivity index (χ1) is 63.2. The third-order valence-electron chi connectivity index (χ3n) is 29.9. The van der Waals surface area contributed by atoms with E-state index in [1.807, 2.05) is 0 Å². The summed E-state index contributed by atoms with van der Waals surface area (Å²) in [5.41, 5.74) is 40.3. The van der Waals surface area contributed by atoms with Gasteiger partial charge in [-0.2, -0.15) is 0 Å². The van der Waals surface area contributed by atoms with Gasteiger partial charge in [-0.15, -0.1) is 10.2 Å². The van der Waals surface area contributed by atoms with Crippen molar-refractivity contribution in [1.29, 1.82) is 0 Å². The van der Waals surface area contributed by atoms with E-state index in [2.05, 4.69) is 457 Å². The van der Waals surface area contributed by atoms with Gasteiger partial charge in [0.25, 0.3) is 0 Å². The van der Waals surface area contributed by atoms with Gasteiger partial charge in [0.15, 0.2) is 11.6 Å². The molecule has 0 fully saturated rings. The molecule has 0 aliphatic heterocycles. The maximum Gasteiger partial charge on any atom is 0.184 e. The van der Waals surface area contributed by atoms with Crippen molar-refractivity contribution in [1.82, 2.24) is 37.6 Å². The Kier molecular flexibility index (Phi) is 14.6. The molecule has 0 amide bonds. The summed E-state index contributed by atoms with van der Waals surface area (Å²) in [6.07, 6.45) is 0. The molecule has 8 heteroatoms. The number of nitrogens with zero attached hydrogens (tertiary/aromatic N) is 8. The van der Waals surface area contributed by atoms with Crippen LogP contribution in [0.1, 0.15) is 74.9 Å². The van der Waals surface area contributed by atoms with E-state index in [9.17, 15) is 0 Å². The predicted octanol–water partition coefficient (Wildman–Crippen LogP) is 31.0. The van der Waals surface area contributed by atoms with Crippen molar-refractivity contribution in [2.24, 2.45) is 0 Å². The molecule has 0 saturated heterocycles. The van der Waals surface area contributed by atoms with Crippen LogP contribution in [0.5, 0.6) is 0 Å². The molecule has 3 aliphatic rings. The summed E-state index contributed by atoms with van der Waals surface area (Å²) < 4.78 is 14.6. The van der Waals surface area contributed by atoms with Crippen LogP contribution in [0.25, 0.3) is 232 Å². The molecule has 606 valence electrons. The lowest BCUT2D eigenvalue weighted by molar-refractivity contribution is 0.660. The number of benzene rings is 18. The number of hydrogen-bond donors (Lipinski definition) is 0. The van der Waals surface area contributed by atoms with E-state index in [0.717, 1.165) is 104 Å². The fraction of sp³-hybridized carbons (Fsp3) is 0.0744. The van der Waals surface area contributed by atoms with Crippen molar-refractivity contribution in [2.75, 3.05) is 0 Å². The molecular formula is C121H82N8. The molecule has 18 aromatic carbocycles. The summed E-state index contributed by atoms with van der Waals surface area (Å²) in [5, 5.41) is 25.3. The summed E-state index contributed by atoms with van der Waals surface area (Å²) in [4.78, 5) is 0. The Morgan fingerprint density at radius 2 is 0.403 bits per heavy atom. The van der Waals surface area contributed by atoms with Crippen molar-refractivity contribution in [3.63, 3.8) is 0 Å². The van der Waals surface area contributed by atoms with Crippen LogP contribution >= 0.6 is 0 Å². The zero-order valence-corrected chi connectivity index (χ0v) is 72.0. The van der Waals surface area contributed by atoms with Gasteiger partial charge in [0, 0.05) is 104 Å². The highest BCUT2D eigenvalue weighted by Gasteiger charge is 2.39. The molecule has 129 heavy (non-hydrogen) atoms. The average Bonchev–Trinajstić information content (AvgIpc) is 1.57. The normalized spacial score (nSPS) is 14.0. The van der Waals surface area contributed by atoms with Crippen molar-refractivity contribution in [3.05, 3.63) is 422 Å². The second-order valence-corrected chi connectivity index (χ2v) is 37.6. The Hall–Kier alpha value is -16.2. The molecule has 0 atom stereocenters. The summed E-state index contributed by atoms with van der Waals surface area (Å²) in [6.45, 7) is 14.2. The van der Waals surface area contributed by atoms with Crippen LogP contribution in [0, 0.1) is 0 Å². The third kappa shape index (κ3) is 9.92. The van der Waals surface area contributed by atoms with Gasteiger partial charge >= 0.3 is 0 Å². The minimum absolute atomic E-state index is 0.129. The predicted molar refractivity (Wildman–Crippen MR) is 537 cm³/mol. The van der Waals surface area contributed by atoms with Gasteiger partial charge in [0.05, 0.1) is 71.9 Å². The van der Waals surface area contributed by atoms with Gasteiger partial charge in [0.1, 0.15) is 0 Å². The molecule has 0 spiro atoms. The molecule has 25 aromatic rings. The maximum atomic E-state index is 5.69. The molecule has 0 unspecified atom stereocenters. The molecule has 7 aromatic heterocycles. The number of aromatic nitrogens is 8. The van der Waals surface area contributed by atoms with Crippen LogP contribution in [0.3, 0.4) is 0 Å². The molecule has 28 rings (SSSR count). The van der Waals surface area contributed by atoms with Gasteiger partial charge < -0.3 is 18.3 Å². The smallest absolute Gasteiger partial charge is 0.184 e. The highest BCUT2D eigenvalue weighted by atomic mass is 15.3. The van der Waals surface area contributed by atoms with Crippen LogP contribution in [0.2, 0.25) is 0 Å². The molecule has 0 N–H and O–H groups in total. The molecule has 7 heterocycles. The molecule has 0 radical (unpaired) electrons. The lowest BCUT2D eigenvalue weighted by Crippen LogP contribution is -2.15. The largest absolute Gasteiger partial charge is 0.309 e. The van der Waals surface area contributed by atoms with Gasteiger partial charge in [-0.05, 0) is 246 Å². The Morgan fingerprint density at radius 3 is 0.721 bits per heavy atom. The minimum atomic E-state index is -0.134. The first-order valence-corrected chi connectivity index (χ1v) is 45.1. The van der Waals surface area contributed by atoms with E-state index < -0.39 is 0 Å². The molecule has 3 aliphatic carbocycles. The van der Waals surface area contributed by atoms with Crippen molar-refractivity contribution < 1.29 is 0 Å². The Labute approximate surface area is 743 Å². The third-order valence-corrected chi connectivity index (χ3v) is 29.9. The van der Waals surface area contributed by atoms with E-state index in [1.54, 1.807) is 0 Å². The van der Waals surface area contributed by atoms with Gasteiger partial charge in [-0.1, -0.05) is 278 Å². The quantitative estimate of drug-likeness (QED) is 0.145. The van der Waals surface area contributed by atoms with Crippen molar-refractivity contribution in [3.8, 4) is 101 Å². The van der Waals surface area contributed by atoms with E-state index in [0.29, 0.717) is 11.6 Å². The van der Waals surface area contributed by atoms with Crippen LogP contribution in [-0.4, -0.2) is 37.6 Å². The standard InChI is InChI=1S/C121H82N8/c1-119(2)98-34-16-7-25-80(98)83-52-49-77(67-101(83)119)124-104-37-19-10-28-86(104)92-61-71(43-55-110(92)124)74-46-58-113-95(64-74)89-31-13-22-40-107(89)127(113)116-70-117(128-108-41-23-14-32-90(108)96-65-75(47-59-114(96)128)72-44-56-111-93(62-72)87-29-11-20-38-105(87)125(111)78-50-53-84-81-26-8-17-35-99(81)120(3,4)102(84)68-78)122-123-118(116)129-109-42-24-15-33-91(109)97-66-76(48-60-115(97)129)73-45-57-112-94(63-73)88-30-12-21-39-106(88)126(112)79-51-54-85-82-27-9-18-36-100(82)121(5,6)103(85)69-79/h7-70H,1-6H3. The SMILES string of the molecule is CC1(C)c2ccccc2-c2ccc(-n3c4ccccc4c4cc(-c5ccc6c(c5)c5ccccc5n6-c5cc(-n6c7ccccc7c7cc(-c8ccc9c(c8)c8ccccc8n9-c8ccc9c(c8)C(C)(C)c8ccccc8-9)ccc76)c(-n6c7ccccc7c7cc(-c8ccc9c(c8)c8ccccc8n9-c8ccc9c(c8)C(C)(C)c8ccccc8-9)ccc76)nn5)ccc43)cc21. The second-order valence-electron chi connectivity index (χ2n) is 37.6. The number of para-hydroxylation sites is 6. The maximum absolute atomic E-state index is 5.69. The van der Waals surface area contributed by atoms with Crippen LogP contribution < -0.4 is 0 Å². The highest BCUT2D eigenvalue weighted by Crippen LogP contribution is 2.55. The average molecular weight is 1650 g/mol. The zero-order chi connectivity index (χ0) is 85.3. The van der Waals surface area contributed by atoms with Gasteiger partial charge in [0.2, 0.25) is 0 Å². The fourth-order valence-corrected chi connectivity index (χ4v) is 23.8. The summed E-state index contributed by atoms with van der Waals surface area (Å²) in [6, 6.07) is 146. The molecular weight excluding hydrogens is 1570 g/mol. The van der Waals surface area contributed by atoms with Gasteiger partial charge in [-0.25, -0.2) is 0 Å². The lowest BCUT2D eigenvalue weighted by atomic mass is 9.82. The van der Waals surface area contributed by atoms with E-state index in [-0.39, 0.29) is 16.2 Å². The Balaban J connectivity index is 0.608. The lowest BCUT2D eigenvalue weighted by Gasteiger charge is -2.22. The van der Waals surface area contributed by atoms with Crippen LogP contribution in [-0.2, 0) is 16.2 Å². The van der Waals surface area contributed by atoms with E-state index >= 15 is 0 Å². The van der Waals surface area contributed by atoms with E-state index in [4.69, 9.17) is 10.2 Å². The second kappa shape index (κ2) is 26.0. The highest BCUT2D eigenvalue weighted by molar-refractivity contribution is 6.18. The van der Waals surface area contributed by atoms with Gasteiger partial charge in [-0.3, -0.25) is 9.13 Å². The first-order valence-electron chi connectivity index (χ1n) is 45.1. The topological polar surface area (TPSA) is 55.4 Å². The number of hydrogen-bond acceptors (Lipinski definition) is 2. The van der Waals surface area contributed by atoms with E-state index in [1.165, 1.54) is 149 Å². The van der Waals surface area contributed by atoms with Crippen molar-refractivity contribution in [2.45, 2.75) is 57.8 Å². The fourth-order valence-electron chi connectivity index (χ4n) is 23.8. The monoisotopic (exact) mass is 1650 g/mol. The molecule has 0 saturated carbocycles. The summed E-state index contributed by atoms with van der Waals surface area (Å²) >= 11 is 0. The molecule has 8 nitrogen and oxygen atoms in total. The minimum Gasteiger partial charge on any atom is -0.309 e.